The molecule has 1 aromatic rings. The lowest BCUT2D eigenvalue weighted by atomic mass is 9.99. The van der Waals surface area contributed by atoms with Crippen LogP contribution < -0.4 is 10.1 Å². The molecule has 0 saturated carbocycles. The second-order valence-corrected chi connectivity index (χ2v) is 5.78. The third-order valence-corrected chi connectivity index (χ3v) is 3.91. The molecule has 1 saturated heterocycles. The number of carbonyl (C=O) groups is 2. The number of likely N-dealkylation sites (tertiary alicyclic amines) is 1. The van der Waals surface area contributed by atoms with Crippen molar-refractivity contribution in [3.05, 3.63) is 30.3 Å². The monoisotopic (exact) mass is 320 g/mol. The number of hydrogen-bond donors (Lipinski definition) is 2. The molecule has 1 aromatic carbocycles. The van der Waals surface area contributed by atoms with Crippen LogP contribution in [0.1, 0.15) is 25.7 Å². The fourth-order valence-corrected chi connectivity index (χ4v) is 2.63. The highest BCUT2D eigenvalue weighted by Crippen LogP contribution is 2.15. The lowest BCUT2D eigenvalue weighted by Crippen LogP contribution is -2.44. The number of hydrogen-bond acceptors (Lipinski definition) is 4. The summed E-state index contributed by atoms with van der Waals surface area (Å²) in [6.07, 6.45) is 2.63. The summed E-state index contributed by atoms with van der Waals surface area (Å²) in [6, 6.07) is 9.51. The molecule has 1 aliphatic rings. The molecule has 0 bridgehead atoms. The van der Waals surface area contributed by atoms with E-state index < -0.39 is 5.97 Å². The highest BCUT2D eigenvalue weighted by atomic mass is 16.5. The Morgan fingerprint density at radius 1 is 1.30 bits per heavy atom. The summed E-state index contributed by atoms with van der Waals surface area (Å²) in [5, 5.41) is 11.9. The van der Waals surface area contributed by atoms with Crippen molar-refractivity contribution < 1.29 is 19.4 Å². The van der Waals surface area contributed by atoms with Crippen LogP contribution >= 0.6 is 0 Å². The van der Waals surface area contributed by atoms with E-state index >= 15 is 0 Å². The lowest BCUT2D eigenvalue weighted by Gasteiger charge is -2.30. The maximum atomic E-state index is 11.8. The van der Waals surface area contributed by atoms with Crippen molar-refractivity contribution in [1.82, 2.24) is 10.2 Å². The molecule has 126 valence electrons. The third-order valence-electron chi connectivity index (χ3n) is 3.91. The third kappa shape index (κ3) is 6.28. The SMILES string of the molecule is O=C(CCCOc1ccccc1)NCN1CCCC(C(=O)O)C1. The van der Waals surface area contributed by atoms with Crippen LogP contribution in [0, 0.1) is 5.92 Å². The van der Waals surface area contributed by atoms with E-state index in [1.807, 2.05) is 35.2 Å². The van der Waals surface area contributed by atoms with Crippen molar-refractivity contribution in [3.8, 4) is 5.75 Å². The van der Waals surface area contributed by atoms with E-state index in [4.69, 9.17) is 9.84 Å². The van der Waals surface area contributed by atoms with E-state index in [1.165, 1.54) is 0 Å². The van der Waals surface area contributed by atoms with Crippen LogP contribution in [0.3, 0.4) is 0 Å². The first kappa shape index (κ1) is 17.3. The zero-order valence-electron chi connectivity index (χ0n) is 13.2. The number of benzene rings is 1. The Morgan fingerprint density at radius 3 is 2.83 bits per heavy atom. The van der Waals surface area contributed by atoms with Gasteiger partial charge in [0.15, 0.2) is 0 Å². The Balaban J connectivity index is 1.57. The quantitative estimate of drug-likeness (QED) is 0.713. The molecule has 1 amide bonds. The molecule has 1 unspecified atom stereocenters. The van der Waals surface area contributed by atoms with Gasteiger partial charge in [-0.3, -0.25) is 14.5 Å². The number of carboxylic acid groups (broad SMARTS) is 1. The van der Waals surface area contributed by atoms with Crippen LogP contribution in [0.2, 0.25) is 0 Å². The second-order valence-electron chi connectivity index (χ2n) is 5.78. The minimum Gasteiger partial charge on any atom is -0.494 e. The normalized spacial score (nSPS) is 18.3. The molecule has 0 radical (unpaired) electrons. The van der Waals surface area contributed by atoms with Gasteiger partial charge >= 0.3 is 5.97 Å². The van der Waals surface area contributed by atoms with Gasteiger partial charge < -0.3 is 15.2 Å². The maximum Gasteiger partial charge on any atom is 0.307 e. The highest BCUT2D eigenvalue weighted by Gasteiger charge is 2.25. The van der Waals surface area contributed by atoms with Gasteiger partial charge in [0.25, 0.3) is 0 Å². The second kappa shape index (κ2) is 9.15. The van der Waals surface area contributed by atoms with Gasteiger partial charge in [-0.25, -0.2) is 0 Å². The molecule has 23 heavy (non-hydrogen) atoms. The van der Waals surface area contributed by atoms with Gasteiger partial charge in [-0.15, -0.1) is 0 Å². The number of amides is 1. The average molecular weight is 320 g/mol. The van der Waals surface area contributed by atoms with E-state index in [1.54, 1.807) is 0 Å². The summed E-state index contributed by atoms with van der Waals surface area (Å²) in [6.45, 7) is 2.26. The van der Waals surface area contributed by atoms with Crippen molar-refractivity contribution in [2.45, 2.75) is 25.7 Å². The van der Waals surface area contributed by atoms with Gasteiger partial charge in [-0.1, -0.05) is 18.2 Å². The van der Waals surface area contributed by atoms with Crippen LogP contribution in [0.15, 0.2) is 30.3 Å². The first-order valence-corrected chi connectivity index (χ1v) is 8.05. The van der Waals surface area contributed by atoms with Crippen molar-refractivity contribution in [1.29, 1.82) is 0 Å². The van der Waals surface area contributed by atoms with Gasteiger partial charge in [0.05, 0.1) is 19.2 Å². The van der Waals surface area contributed by atoms with Crippen molar-refractivity contribution in [2.75, 3.05) is 26.4 Å². The highest BCUT2D eigenvalue weighted by molar-refractivity contribution is 5.75. The molecule has 0 aromatic heterocycles. The standard InChI is InChI=1S/C17H24N2O4/c20-16(9-5-11-23-15-7-2-1-3-8-15)18-13-19-10-4-6-14(12-19)17(21)22/h1-3,7-8,14H,4-6,9-13H2,(H,18,20)(H,21,22). The van der Waals surface area contributed by atoms with E-state index in [0.29, 0.717) is 32.7 Å². The Bertz CT molecular complexity index is 507. The molecule has 1 fully saturated rings. The number of aliphatic carboxylic acids is 1. The van der Waals surface area contributed by atoms with E-state index in [2.05, 4.69) is 5.32 Å². The summed E-state index contributed by atoms with van der Waals surface area (Å²) < 4.78 is 5.54. The summed E-state index contributed by atoms with van der Waals surface area (Å²) in [7, 11) is 0. The predicted molar refractivity (Wildman–Crippen MR) is 86.1 cm³/mol. The molecule has 2 rings (SSSR count). The molecule has 0 spiro atoms. The van der Waals surface area contributed by atoms with Gasteiger partial charge in [-0.2, -0.15) is 0 Å². The smallest absolute Gasteiger partial charge is 0.307 e. The van der Waals surface area contributed by atoms with Crippen LogP contribution in [-0.4, -0.2) is 48.2 Å². The number of nitrogens with zero attached hydrogens (tertiary/aromatic N) is 1. The number of carboxylic acids is 1. The fraction of sp³-hybridized carbons (Fsp3) is 0.529. The number of carbonyl (C=O) groups excluding carboxylic acids is 1. The van der Waals surface area contributed by atoms with E-state index in [9.17, 15) is 9.59 Å². The van der Waals surface area contributed by atoms with Crippen molar-refractivity contribution in [3.63, 3.8) is 0 Å². The molecular weight excluding hydrogens is 296 g/mol. The summed E-state index contributed by atoms with van der Waals surface area (Å²) in [5.74, 6) is -0.293. The first-order valence-electron chi connectivity index (χ1n) is 8.05. The molecular formula is C17H24N2O4. The maximum absolute atomic E-state index is 11.8. The van der Waals surface area contributed by atoms with E-state index in [-0.39, 0.29) is 11.8 Å². The average Bonchev–Trinajstić information content (AvgIpc) is 2.58. The molecule has 1 atom stereocenters. The first-order chi connectivity index (χ1) is 11.1. The van der Waals surface area contributed by atoms with Gasteiger partial charge in [0.1, 0.15) is 5.75 Å². The Labute approximate surface area is 136 Å². The molecule has 6 heteroatoms. The van der Waals surface area contributed by atoms with Crippen LogP contribution in [0.4, 0.5) is 0 Å². The molecule has 1 heterocycles. The number of ether oxygens (including phenoxy) is 1. The van der Waals surface area contributed by atoms with Crippen LogP contribution in [0.5, 0.6) is 5.75 Å². The van der Waals surface area contributed by atoms with Crippen molar-refractivity contribution >= 4 is 11.9 Å². The topological polar surface area (TPSA) is 78.9 Å². The lowest BCUT2D eigenvalue weighted by molar-refractivity contribution is -0.143. The van der Waals surface area contributed by atoms with Crippen LogP contribution in [-0.2, 0) is 9.59 Å². The zero-order valence-corrected chi connectivity index (χ0v) is 13.2. The molecule has 2 N–H and O–H groups in total. The Kier molecular flexibility index (Phi) is 6.87. The minimum atomic E-state index is -0.751. The largest absolute Gasteiger partial charge is 0.494 e. The Morgan fingerprint density at radius 2 is 2.09 bits per heavy atom. The number of para-hydroxylation sites is 1. The minimum absolute atomic E-state index is 0.0286. The zero-order chi connectivity index (χ0) is 16.5. The molecule has 6 nitrogen and oxygen atoms in total. The van der Waals surface area contributed by atoms with Gasteiger partial charge in [0.2, 0.25) is 5.91 Å². The van der Waals surface area contributed by atoms with Gasteiger partial charge in [-0.05, 0) is 37.9 Å². The fourth-order valence-electron chi connectivity index (χ4n) is 2.63. The number of nitrogens with one attached hydrogen (secondary N) is 1. The number of piperidine rings is 1. The number of rotatable bonds is 8. The summed E-state index contributed by atoms with van der Waals surface area (Å²) >= 11 is 0. The Hall–Kier alpha value is -2.08. The summed E-state index contributed by atoms with van der Waals surface area (Å²) in [4.78, 5) is 24.8. The predicted octanol–water partition coefficient (Wildman–Crippen LogP) is 1.72. The van der Waals surface area contributed by atoms with Gasteiger partial charge in [0, 0.05) is 13.0 Å². The molecule has 0 aliphatic carbocycles. The van der Waals surface area contributed by atoms with Crippen LogP contribution in [0.25, 0.3) is 0 Å². The van der Waals surface area contributed by atoms with E-state index in [0.717, 1.165) is 25.1 Å². The molecule has 1 aliphatic heterocycles. The van der Waals surface area contributed by atoms with Crippen molar-refractivity contribution in [2.24, 2.45) is 5.92 Å². The summed E-state index contributed by atoms with van der Waals surface area (Å²) in [5.41, 5.74) is 0.